The van der Waals surface area contributed by atoms with Gasteiger partial charge in [0.15, 0.2) is 0 Å². The van der Waals surface area contributed by atoms with Crippen molar-refractivity contribution in [2.24, 2.45) is 0 Å². The monoisotopic (exact) mass is 315 g/mol. The van der Waals surface area contributed by atoms with Gasteiger partial charge >= 0.3 is 0 Å². The molecule has 0 bridgehead atoms. The second-order valence-corrected chi connectivity index (χ2v) is 5.15. The van der Waals surface area contributed by atoms with Crippen LogP contribution >= 0.6 is 15.9 Å². The maximum Gasteiger partial charge on any atom is 0.255 e. The molecule has 1 amide bonds. The van der Waals surface area contributed by atoms with Crippen LogP contribution in [0.5, 0.6) is 0 Å². The van der Waals surface area contributed by atoms with Crippen molar-refractivity contribution in [2.45, 2.75) is 18.9 Å². The summed E-state index contributed by atoms with van der Waals surface area (Å²) in [6, 6.07) is 4.51. The van der Waals surface area contributed by atoms with E-state index in [9.17, 15) is 9.18 Å². The van der Waals surface area contributed by atoms with Gasteiger partial charge in [-0.15, -0.1) is 0 Å². The molecule has 1 aliphatic heterocycles. The molecule has 1 heterocycles. The molecule has 1 fully saturated rings. The Morgan fingerprint density at radius 2 is 2.33 bits per heavy atom. The van der Waals surface area contributed by atoms with Crippen molar-refractivity contribution >= 4 is 21.8 Å². The summed E-state index contributed by atoms with van der Waals surface area (Å²) >= 11 is 3.13. The Labute approximate surface area is 114 Å². The van der Waals surface area contributed by atoms with Crippen LogP contribution in [0.1, 0.15) is 23.2 Å². The predicted octanol–water partition coefficient (Wildman–Crippen LogP) is 2.84. The van der Waals surface area contributed by atoms with Crippen molar-refractivity contribution in [3.63, 3.8) is 0 Å². The summed E-state index contributed by atoms with van der Waals surface area (Å²) in [7, 11) is 1.65. The smallest absolute Gasteiger partial charge is 0.255 e. The van der Waals surface area contributed by atoms with E-state index >= 15 is 0 Å². The first-order chi connectivity index (χ1) is 8.63. The largest absolute Gasteiger partial charge is 0.380 e. The third-order valence-corrected chi connectivity index (χ3v) is 3.99. The highest BCUT2D eigenvalue weighted by molar-refractivity contribution is 9.10. The highest BCUT2D eigenvalue weighted by Gasteiger charge is 2.25. The molecule has 1 unspecified atom stereocenters. The Morgan fingerprint density at radius 3 is 3.06 bits per heavy atom. The molecule has 0 N–H and O–H groups in total. The van der Waals surface area contributed by atoms with Gasteiger partial charge in [-0.05, 0) is 40.9 Å². The number of carbonyl (C=O) groups excluding carboxylic acids is 1. The predicted molar refractivity (Wildman–Crippen MR) is 70.0 cm³/mol. The molecule has 5 heteroatoms. The number of amides is 1. The quantitative estimate of drug-likeness (QED) is 0.840. The minimum absolute atomic E-state index is 0.0787. The molecule has 2 rings (SSSR count). The molecule has 18 heavy (non-hydrogen) atoms. The van der Waals surface area contributed by atoms with E-state index in [-0.39, 0.29) is 16.5 Å². The van der Waals surface area contributed by atoms with E-state index < -0.39 is 5.82 Å². The number of ether oxygens (including phenoxy) is 1. The van der Waals surface area contributed by atoms with Crippen LogP contribution in [0.25, 0.3) is 0 Å². The number of carbonyl (C=O) groups is 1. The molecule has 0 radical (unpaired) electrons. The molecule has 0 saturated carbocycles. The van der Waals surface area contributed by atoms with Crippen molar-refractivity contribution in [2.75, 3.05) is 20.2 Å². The summed E-state index contributed by atoms with van der Waals surface area (Å²) in [5.41, 5.74) is 0.367. The number of methoxy groups -OCH3 is 1. The first kappa shape index (κ1) is 13.5. The molecular weight excluding hydrogens is 301 g/mol. The maximum atomic E-state index is 13.4. The summed E-state index contributed by atoms with van der Waals surface area (Å²) in [5.74, 6) is -0.565. The zero-order valence-corrected chi connectivity index (χ0v) is 11.7. The molecule has 1 aliphatic rings. The second kappa shape index (κ2) is 5.80. The van der Waals surface area contributed by atoms with Crippen LogP contribution < -0.4 is 0 Å². The topological polar surface area (TPSA) is 29.5 Å². The fraction of sp³-hybridized carbons (Fsp3) is 0.462. The van der Waals surface area contributed by atoms with E-state index in [2.05, 4.69) is 15.9 Å². The molecule has 3 nitrogen and oxygen atoms in total. The molecule has 0 aliphatic carbocycles. The van der Waals surface area contributed by atoms with Gasteiger partial charge in [0.2, 0.25) is 0 Å². The number of piperidine rings is 1. The summed E-state index contributed by atoms with van der Waals surface area (Å²) in [4.78, 5) is 14.0. The Kier molecular flexibility index (Phi) is 4.35. The van der Waals surface area contributed by atoms with Crippen LogP contribution in [0.3, 0.4) is 0 Å². The van der Waals surface area contributed by atoms with E-state index in [0.29, 0.717) is 18.7 Å². The van der Waals surface area contributed by atoms with Crippen LogP contribution in [-0.2, 0) is 4.74 Å². The first-order valence-electron chi connectivity index (χ1n) is 5.89. The number of nitrogens with zero attached hydrogens (tertiary/aromatic N) is 1. The summed E-state index contributed by atoms with van der Waals surface area (Å²) in [6.07, 6.45) is 1.96. The van der Waals surface area contributed by atoms with E-state index in [1.165, 1.54) is 6.07 Å². The summed E-state index contributed by atoms with van der Waals surface area (Å²) < 4.78 is 18.9. The maximum absolute atomic E-state index is 13.4. The average molecular weight is 316 g/mol. The Hall–Kier alpha value is -0.940. The molecule has 1 aromatic carbocycles. The van der Waals surface area contributed by atoms with E-state index in [1.807, 2.05) is 0 Å². The van der Waals surface area contributed by atoms with Crippen LogP contribution in [0.2, 0.25) is 0 Å². The van der Waals surface area contributed by atoms with Crippen molar-refractivity contribution in [1.29, 1.82) is 0 Å². The minimum atomic E-state index is -0.416. The average Bonchev–Trinajstić information content (AvgIpc) is 2.41. The molecule has 1 aromatic rings. The van der Waals surface area contributed by atoms with Crippen LogP contribution in [0.15, 0.2) is 22.7 Å². The van der Waals surface area contributed by atoms with E-state index in [0.717, 1.165) is 12.8 Å². The molecule has 1 saturated heterocycles. The number of halogens is 2. The number of likely N-dealkylation sites (tertiary alicyclic amines) is 1. The SMILES string of the molecule is COC1CCCN(C(=O)c2cccc(F)c2Br)C1. The third-order valence-electron chi connectivity index (χ3n) is 3.18. The lowest BCUT2D eigenvalue weighted by molar-refractivity contribution is 0.0268. The standard InChI is InChI=1S/C13H15BrFNO2/c1-18-9-4-3-7-16(8-9)13(17)10-5-2-6-11(15)12(10)14/h2,5-6,9H,3-4,7-8H2,1H3. The number of benzene rings is 1. The van der Waals surface area contributed by atoms with E-state index in [1.54, 1.807) is 24.1 Å². The van der Waals surface area contributed by atoms with Crippen LogP contribution in [-0.4, -0.2) is 37.1 Å². The van der Waals surface area contributed by atoms with Gasteiger partial charge in [0.1, 0.15) is 5.82 Å². The summed E-state index contributed by atoms with van der Waals surface area (Å²) in [5, 5.41) is 0. The van der Waals surface area contributed by atoms with Gasteiger partial charge in [-0.2, -0.15) is 0 Å². The fourth-order valence-corrected chi connectivity index (χ4v) is 2.59. The van der Waals surface area contributed by atoms with E-state index in [4.69, 9.17) is 4.74 Å². The van der Waals surface area contributed by atoms with Crippen molar-refractivity contribution < 1.29 is 13.9 Å². The lowest BCUT2D eigenvalue weighted by atomic mass is 10.1. The zero-order valence-electron chi connectivity index (χ0n) is 10.2. The van der Waals surface area contributed by atoms with Gasteiger partial charge < -0.3 is 9.64 Å². The van der Waals surface area contributed by atoms with Gasteiger partial charge in [0.05, 0.1) is 16.1 Å². The lowest BCUT2D eigenvalue weighted by Gasteiger charge is -2.32. The zero-order chi connectivity index (χ0) is 13.1. The Balaban J connectivity index is 2.18. The minimum Gasteiger partial charge on any atom is -0.380 e. The fourth-order valence-electron chi connectivity index (χ4n) is 2.15. The Morgan fingerprint density at radius 1 is 1.56 bits per heavy atom. The molecule has 98 valence electrons. The normalized spacial score (nSPS) is 19.9. The van der Waals surface area contributed by atoms with Crippen LogP contribution in [0.4, 0.5) is 4.39 Å². The van der Waals surface area contributed by atoms with Crippen molar-refractivity contribution in [1.82, 2.24) is 4.90 Å². The van der Waals surface area contributed by atoms with Gasteiger partial charge in [-0.3, -0.25) is 4.79 Å². The first-order valence-corrected chi connectivity index (χ1v) is 6.69. The van der Waals surface area contributed by atoms with Gasteiger partial charge in [-0.1, -0.05) is 6.07 Å². The van der Waals surface area contributed by atoms with Gasteiger partial charge in [0, 0.05) is 20.2 Å². The van der Waals surface area contributed by atoms with Crippen molar-refractivity contribution in [3.05, 3.63) is 34.1 Å². The lowest BCUT2D eigenvalue weighted by Crippen LogP contribution is -2.43. The highest BCUT2D eigenvalue weighted by Crippen LogP contribution is 2.23. The highest BCUT2D eigenvalue weighted by atomic mass is 79.9. The Bertz CT molecular complexity index is 453. The summed E-state index contributed by atoms with van der Waals surface area (Å²) in [6.45, 7) is 1.26. The van der Waals surface area contributed by atoms with Gasteiger partial charge in [0.25, 0.3) is 5.91 Å². The third kappa shape index (κ3) is 2.72. The second-order valence-electron chi connectivity index (χ2n) is 4.35. The van der Waals surface area contributed by atoms with Crippen LogP contribution in [0, 0.1) is 5.82 Å². The molecule has 0 spiro atoms. The van der Waals surface area contributed by atoms with Gasteiger partial charge in [-0.25, -0.2) is 4.39 Å². The molecular formula is C13H15BrFNO2. The van der Waals surface area contributed by atoms with Crippen molar-refractivity contribution in [3.8, 4) is 0 Å². The number of hydrogen-bond acceptors (Lipinski definition) is 2. The molecule has 1 atom stereocenters. The number of rotatable bonds is 2. The molecule has 0 aromatic heterocycles. The number of hydrogen-bond donors (Lipinski definition) is 0.